The number of rotatable bonds is 26. The summed E-state index contributed by atoms with van der Waals surface area (Å²) in [5.74, 6) is 2.69. The van der Waals surface area contributed by atoms with Crippen molar-refractivity contribution in [2.24, 2.45) is 20.5 Å². The molecular weight excluding hydrogens is 1010 g/mol. The third-order valence-electron chi connectivity index (χ3n) is 13.5. The summed E-state index contributed by atoms with van der Waals surface area (Å²) in [5, 5.41) is 39.3. The Morgan fingerprint density at radius 2 is 1.27 bits per heavy atom. The third kappa shape index (κ3) is 13.1. The second-order valence-corrected chi connectivity index (χ2v) is 20.6. The average Bonchev–Trinajstić information content (AvgIpc) is 3.48. The van der Waals surface area contributed by atoms with Crippen LogP contribution >= 0.6 is 8.53 Å². The van der Waals surface area contributed by atoms with E-state index < -0.39 is 25.2 Å². The van der Waals surface area contributed by atoms with E-state index in [0.29, 0.717) is 51.5 Å². The van der Waals surface area contributed by atoms with E-state index in [0.717, 1.165) is 61.0 Å². The number of benzene rings is 6. The first-order valence-corrected chi connectivity index (χ1v) is 27.2. The quantitative estimate of drug-likeness (QED) is 0.0124. The lowest BCUT2D eigenvalue weighted by molar-refractivity contribution is -0.384. The van der Waals surface area contributed by atoms with E-state index in [1.165, 1.54) is 49.7 Å². The van der Waals surface area contributed by atoms with Gasteiger partial charge in [-0.3, -0.25) is 10.1 Å². The number of nitrogens with zero attached hydrogens (tertiary/aromatic N) is 8. The van der Waals surface area contributed by atoms with Gasteiger partial charge in [0.25, 0.3) is 14.2 Å². The molecule has 2 atom stereocenters. The van der Waals surface area contributed by atoms with E-state index >= 15 is 0 Å². The number of ether oxygens (including phenoxy) is 6. The molecule has 6 aromatic rings. The molecule has 0 saturated carbocycles. The molecule has 408 valence electrons. The first kappa shape index (κ1) is 56.7. The molecule has 78 heavy (non-hydrogen) atoms. The van der Waals surface area contributed by atoms with Crippen LogP contribution < -0.4 is 28.6 Å². The van der Waals surface area contributed by atoms with E-state index in [1.807, 2.05) is 66.7 Å². The molecule has 2 unspecified atom stereocenters. The van der Waals surface area contributed by atoms with Gasteiger partial charge in [0.05, 0.1) is 64.8 Å². The number of hydrogen-bond acceptors (Lipinski definition) is 17. The predicted octanol–water partition coefficient (Wildman–Crippen LogP) is 14.2. The topological polar surface area (TPSA) is 197 Å². The minimum Gasteiger partial charge on any atom is -0.497 e. The number of non-ortho nitro benzene ring substituents is 1. The Balaban J connectivity index is 1.21. The highest BCUT2D eigenvalue weighted by atomic mass is 31.2. The molecule has 0 saturated heterocycles. The molecule has 6 aromatic carbocycles. The summed E-state index contributed by atoms with van der Waals surface area (Å²) in [6.45, 7) is 10.5. The summed E-state index contributed by atoms with van der Waals surface area (Å²) in [5.41, 5.74) is 6.42. The van der Waals surface area contributed by atoms with E-state index in [1.54, 1.807) is 26.4 Å². The number of hydrogen-bond donors (Lipinski definition) is 0. The lowest BCUT2D eigenvalue weighted by Gasteiger charge is -2.40. The molecule has 0 fully saturated rings. The molecule has 8 rings (SSSR count). The van der Waals surface area contributed by atoms with Crippen molar-refractivity contribution < 1.29 is 42.4 Å². The van der Waals surface area contributed by atoms with E-state index in [2.05, 4.69) is 71.8 Å². The Kier molecular flexibility index (Phi) is 19.4. The second kappa shape index (κ2) is 26.7. The van der Waals surface area contributed by atoms with Crippen molar-refractivity contribution in [3.05, 3.63) is 159 Å². The lowest BCUT2D eigenvalue weighted by atomic mass is 9.80. The first-order chi connectivity index (χ1) is 37.9. The molecule has 18 nitrogen and oxygen atoms in total. The van der Waals surface area contributed by atoms with Gasteiger partial charge in [-0.25, -0.2) is 4.67 Å². The summed E-state index contributed by atoms with van der Waals surface area (Å²) in [6, 6.07) is 39.3. The van der Waals surface area contributed by atoms with Gasteiger partial charge in [0.2, 0.25) is 0 Å². The summed E-state index contributed by atoms with van der Waals surface area (Å²) in [6.07, 6.45) is 2.98. The fourth-order valence-corrected chi connectivity index (χ4v) is 11.6. The highest BCUT2D eigenvalue weighted by Gasteiger charge is 2.40. The average molecular weight is 1080 g/mol. The monoisotopic (exact) mass is 1080 g/mol. The van der Waals surface area contributed by atoms with Gasteiger partial charge in [0.15, 0.2) is 5.75 Å². The van der Waals surface area contributed by atoms with Crippen LogP contribution in [-0.4, -0.2) is 89.1 Å². The Labute approximate surface area is 457 Å². The van der Waals surface area contributed by atoms with Crippen molar-refractivity contribution in [3.8, 4) is 34.8 Å². The molecule has 0 N–H and O–H groups in total. The van der Waals surface area contributed by atoms with Gasteiger partial charge < -0.3 is 42.4 Å². The molecular formula is C59H67N8O10P. The highest BCUT2D eigenvalue weighted by molar-refractivity contribution is 7.44. The number of aryl methyl sites for hydroxylation is 1. The number of anilines is 1. The van der Waals surface area contributed by atoms with E-state index in [-0.39, 0.29) is 44.0 Å². The molecule has 0 aliphatic carbocycles. The van der Waals surface area contributed by atoms with Crippen molar-refractivity contribution >= 4 is 42.7 Å². The fraction of sp³-hybridized carbons (Fsp3) is 0.373. The standard InChI is InChI=1S/C59H67N8O10P/c1-40(2)66(41(3)4)78(76-34-14-31-60)77-50(39-75-59(43-16-10-9-11-17-43,44-19-27-48(70-5)28-20-44)45-21-29-49(71-6)30-22-45)38-74-58-51-18-13-33-65-32-12-15-42(57(51)65)35-54(58)64-63-53-37-55(72-7)52(36-56(53)73-8)62-61-46-23-25-47(26-24-46)67(68)69/h9-11,16-17,19-30,35-37,40-41,50H,12-15,18,32-34,38-39H2,1-8H3. The van der Waals surface area contributed by atoms with Crippen molar-refractivity contribution in [3.63, 3.8) is 0 Å². The maximum Gasteiger partial charge on any atom is 0.269 e. The van der Waals surface area contributed by atoms with Crippen LogP contribution in [0.25, 0.3) is 0 Å². The Morgan fingerprint density at radius 1 is 0.705 bits per heavy atom. The predicted molar refractivity (Wildman–Crippen MR) is 300 cm³/mol. The summed E-state index contributed by atoms with van der Waals surface area (Å²) in [4.78, 5) is 13.2. The largest absolute Gasteiger partial charge is 0.497 e. The minimum atomic E-state index is -1.78. The Morgan fingerprint density at radius 3 is 1.82 bits per heavy atom. The van der Waals surface area contributed by atoms with Gasteiger partial charge in [-0.15, -0.1) is 15.3 Å². The summed E-state index contributed by atoms with van der Waals surface area (Å²) in [7, 11) is 4.56. The van der Waals surface area contributed by atoms with Crippen molar-refractivity contribution in [1.29, 1.82) is 5.26 Å². The van der Waals surface area contributed by atoms with Gasteiger partial charge in [-0.05, 0) is 118 Å². The maximum absolute atomic E-state index is 11.2. The Hall–Kier alpha value is -7.52. The van der Waals surface area contributed by atoms with Crippen LogP contribution in [0.15, 0.2) is 142 Å². The summed E-state index contributed by atoms with van der Waals surface area (Å²) >= 11 is 0. The molecule has 2 aliphatic rings. The third-order valence-corrected chi connectivity index (χ3v) is 15.7. The highest BCUT2D eigenvalue weighted by Crippen LogP contribution is 2.51. The van der Waals surface area contributed by atoms with Crippen LogP contribution in [0.2, 0.25) is 0 Å². The molecule has 0 amide bonds. The van der Waals surface area contributed by atoms with Gasteiger partial charge >= 0.3 is 0 Å². The number of nitro benzene ring substituents is 1. The van der Waals surface area contributed by atoms with Crippen LogP contribution in [0.4, 0.5) is 34.1 Å². The second-order valence-electron chi connectivity index (χ2n) is 19.2. The molecule has 0 radical (unpaired) electrons. The first-order valence-electron chi connectivity index (χ1n) is 26.0. The van der Waals surface area contributed by atoms with Crippen molar-refractivity contribution in [2.75, 3.05) is 66.2 Å². The lowest BCUT2D eigenvalue weighted by Crippen LogP contribution is -2.40. The molecule has 2 heterocycles. The molecule has 0 bridgehead atoms. The zero-order valence-corrected chi connectivity index (χ0v) is 46.4. The van der Waals surface area contributed by atoms with E-state index in [4.69, 9.17) is 47.7 Å². The van der Waals surface area contributed by atoms with Crippen molar-refractivity contribution in [2.45, 2.75) is 83.6 Å². The van der Waals surface area contributed by atoms with Crippen LogP contribution in [0, 0.1) is 21.4 Å². The molecule has 19 heteroatoms. The van der Waals surface area contributed by atoms with Crippen LogP contribution in [-0.2, 0) is 32.2 Å². The number of nitriles is 1. The minimum absolute atomic E-state index is 0.0144. The van der Waals surface area contributed by atoms with E-state index in [9.17, 15) is 15.4 Å². The zero-order valence-electron chi connectivity index (χ0n) is 45.5. The molecule has 0 aromatic heterocycles. The van der Waals surface area contributed by atoms with Gasteiger partial charge in [0, 0.05) is 60.7 Å². The zero-order chi connectivity index (χ0) is 55.2. The van der Waals surface area contributed by atoms with Gasteiger partial charge in [-0.2, -0.15) is 10.4 Å². The maximum atomic E-state index is 11.2. The fourth-order valence-electron chi connectivity index (χ4n) is 9.93. The molecule has 2 aliphatic heterocycles. The van der Waals surface area contributed by atoms with Gasteiger partial charge in [-0.1, -0.05) is 54.6 Å². The Bertz CT molecular complexity index is 3010. The number of azo groups is 2. The SMILES string of the molecule is COc1ccc(C(OCC(COc2c(N=Nc3cc(OC)c(N=Nc4ccc([N+](=O)[O-])cc4)cc3OC)cc3c4c2CCCN4CCC3)OP(OCCC#N)N(C(C)C)C(C)C)(c2ccccc2)c2ccc(OC)cc2)cc1. The van der Waals surface area contributed by atoms with Gasteiger partial charge in [0.1, 0.15) is 58.4 Å². The normalized spacial score (nSPS) is 14.2. The van der Waals surface area contributed by atoms with Crippen LogP contribution in [0.3, 0.4) is 0 Å². The van der Waals surface area contributed by atoms with Crippen LogP contribution in [0.5, 0.6) is 28.7 Å². The smallest absolute Gasteiger partial charge is 0.269 e. The van der Waals surface area contributed by atoms with Crippen LogP contribution in [0.1, 0.15) is 74.8 Å². The molecule has 0 spiro atoms. The number of nitro groups is 1. The summed E-state index contributed by atoms with van der Waals surface area (Å²) < 4.78 is 53.5. The van der Waals surface area contributed by atoms with Crippen molar-refractivity contribution in [1.82, 2.24) is 4.67 Å². The number of methoxy groups -OCH3 is 4.